The molecule has 0 aromatic rings. The highest BCUT2D eigenvalue weighted by atomic mass is 16.4. The van der Waals surface area contributed by atoms with E-state index in [9.17, 15) is 14.7 Å². The molecular formula is C14H25N3O3. The van der Waals surface area contributed by atoms with Gasteiger partial charge in [0.25, 0.3) is 0 Å². The molecule has 2 rings (SSSR count). The Bertz CT molecular complexity index is 388. The maximum atomic E-state index is 12.3. The number of aliphatic carboxylic acids is 1. The minimum atomic E-state index is -1.00. The summed E-state index contributed by atoms with van der Waals surface area (Å²) in [6.07, 6.45) is 2.87. The van der Waals surface area contributed by atoms with Gasteiger partial charge in [-0.2, -0.15) is 0 Å². The second-order valence-electron chi connectivity index (χ2n) is 6.05. The van der Waals surface area contributed by atoms with Crippen LogP contribution >= 0.6 is 0 Å². The Morgan fingerprint density at radius 2 is 2.15 bits per heavy atom. The minimum Gasteiger partial charge on any atom is -0.479 e. The molecule has 0 spiro atoms. The summed E-state index contributed by atoms with van der Waals surface area (Å²) in [6.45, 7) is 5.08. The van der Waals surface area contributed by atoms with Crippen molar-refractivity contribution in [1.82, 2.24) is 15.1 Å². The molecule has 20 heavy (non-hydrogen) atoms. The van der Waals surface area contributed by atoms with E-state index in [0.717, 1.165) is 25.9 Å². The molecule has 0 saturated carbocycles. The van der Waals surface area contributed by atoms with Crippen LogP contribution in [0.2, 0.25) is 0 Å². The van der Waals surface area contributed by atoms with Gasteiger partial charge in [-0.15, -0.1) is 0 Å². The molecule has 0 aliphatic carbocycles. The topological polar surface area (TPSA) is 72.9 Å². The summed E-state index contributed by atoms with van der Waals surface area (Å²) < 4.78 is 0. The van der Waals surface area contributed by atoms with Gasteiger partial charge in [-0.25, -0.2) is 9.59 Å². The van der Waals surface area contributed by atoms with Crippen LogP contribution in [0.5, 0.6) is 0 Å². The van der Waals surface area contributed by atoms with Gasteiger partial charge >= 0.3 is 12.0 Å². The molecule has 0 radical (unpaired) electrons. The number of urea groups is 1. The summed E-state index contributed by atoms with van der Waals surface area (Å²) in [6, 6.07) is -0.221. The Balaban J connectivity index is 1.92. The first kappa shape index (κ1) is 15.1. The third-order valence-corrected chi connectivity index (χ3v) is 4.75. The van der Waals surface area contributed by atoms with Gasteiger partial charge < -0.3 is 20.2 Å². The lowest BCUT2D eigenvalue weighted by atomic mass is 9.93. The van der Waals surface area contributed by atoms with E-state index in [1.807, 2.05) is 6.92 Å². The van der Waals surface area contributed by atoms with Crippen LogP contribution in [0.15, 0.2) is 0 Å². The summed E-state index contributed by atoms with van der Waals surface area (Å²) in [5, 5.41) is 12.4. The quantitative estimate of drug-likeness (QED) is 0.806. The van der Waals surface area contributed by atoms with Crippen LogP contribution < -0.4 is 5.32 Å². The van der Waals surface area contributed by atoms with Gasteiger partial charge in [0, 0.05) is 19.6 Å². The number of carbonyl (C=O) groups excluding carboxylic acids is 1. The molecule has 2 amide bonds. The van der Waals surface area contributed by atoms with Gasteiger partial charge in [0.1, 0.15) is 5.54 Å². The third-order valence-electron chi connectivity index (χ3n) is 4.75. The van der Waals surface area contributed by atoms with Crippen molar-refractivity contribution in [3.8, 4) is 0 Å². The molecule has 2 N–H and O–H groups in total. The largest absolute Gasteiger partial charge is 0.479 e. The average molecular weight is 283 g/mol. The standard InChI is InChI=1S/C14H25N3O3/c1-3-14(12(18)19)6-4-7-17(14)13(20)15-9-11-5-8-16(2)10-11/h11H,3-10H2,1-2H3,(H,15,20)(H,18,19). The Kier molecular flexibility index (Phi) is 4.52. The fourth-order valence-corrected chi connectivity index (χ4v) is 3.44. The lowest BCUT2D eigenvalue weighted by Gasteiger charge is -2.34. The molecule has 114 valence electrons. The molecule has 6 heteroatoms. The Hall–Kier alpha value is -1.30. The molecule has 2 unspecified atom stereocenters. The maximum Gasteiger partial charge on any atom is 0.329 e. The predicted octanol–water partition coefficient (Wildman–Crippen LogP) is 0.977. The lowest BCUT2D eigenvalue weighted by Crippen LogP contribution is -2.56. The van der Waals surface area contributed by atoms with Crippen molar-refractivity contribution in [2.24, 2.45) is 5.92 Å². The zero-order chi connectivity index (χ0) is 14.8. The van der Waals surface area contributed by atoms with Gasteiger partial charge in [-0.1, -0.05) is 6.92 Å². The maximum absolute atomic E-state index is 12.3. The van der Waals surface area contributed by atoms with Crippen molar-refractivity contribution < 1.29 is 14.7 Å². The van der Waals surface area contributed by atoms with Crippen LogP contribution in [0.25, 0.3) is 0 Å². The third kappa shape index (κ3) is 2.75. The van der Waals surface area contributed by atoms with E-state index in [1.165, 1.54) is 4.90 Å². The minimum absolute atomic E-state index is 0.221. The number of nitrogens with one attached hydrogen (secondary N) is 1. The summed E-state index contributed by atoms with van der Waals surface area (Å²) in [5.74, 6) is -0.402. The highest BCUT2D eigenvalue weighted by molar-refractivity contribution is 5.87. The molecule has 6 nitrogen and oxygen atoms in total. The molecule has 2 heterocycles. The Morgan fingerprint density at radius 1 is 1.40 bits per heavy atom. The monoisotopic (exact) mass is 283 g/mol. The van der Waals surface area contributed by atoms with Crippen molar-refractivity contribution in [3.05, 3.63) is 0 Å². The van der Waals surface area contributed by atoms with Crippen molar-refractivity contribution in [2.75, 3.05) is 33.2 Å². The van der Waals surface area contributed by atoms with Crippen LogP contribution in [-0.4, -0.2) is 65.7 Å². The van der Waals surface area contributed by atoms with Crippen LogP contribution in [0.4, 0.5) is 4.79 Å². The fraction of sp³-hybridized carbons (Fsp3) is 0.857. The SMILES string of the molecule is CCC1(C(=O)O)CCCN1C(=O)NCC1CCN(C)C1. The zero-order valence-electron chi connectivity index (χ0n) is 12.4. The zero-order valence-corrected chi connectivity index (χ0v) is 12.4. The van der Waals surface area contributed by atoms with Gasteiger partial charge in [0.15, 0.2) is 0 Å². The fourth-order valence-electron chi connectivity index (χ4n) is 3.44. The molecule has 2 fully saturated rings. The van der Waals surface area contributed by atoms with Crippen molar-refractivity contribution in [2.45, 2.75) is 38.1 Å². The first-order valence-corrected chi connectivity index (χ1v) is 7.47. The molecule has 2 saturated heterocycles. The first-order chi connectivity index (χ1) is 9.49. The summed E-state index contributed by atoms with van der Waals surface area (Å²) in [5.41, 5.74) is -1.00. The van der Waals surface area contributed by atoms with Crippen LogP contribution in [-0.2, 0) is 4.79 Å². The van der Waals surface area contributed by atoms with E-state index < -0.39 is 11.5 Å². The second-order valence-corrected chi connectivity index (χ2v) is 6.05. The Labute approximate surface area is 120 Å². The van der Waals surface area contributed by atoms with Gasteiger partial charge in [-0.3, -0.25) is 0 Å². The molecule has 2 aliphatic rings. The molecular weight excluding hydrogens is 258 g/mol. The number of rotatable bonds is 4. The van der Waals surface area contributed by atoms with E-state index >= 15 is 0 Å². The number of nitrogens with zero attached hydrogens (tertiary/aromatic N) is 2. The molecule has 0 aromatic heterocycles. The number of carboxylic acid groups (broad SMARTS) is 1. The number of hydrogen-bond acceptors (Lipinski definition) is 3. The van der Waals surface area contributed by atoms with Crippen molar-refractivity contribution >= 4 is 12.0 Å². The molecule has 0 bridgehead atoms. The van der Waals surface area contributed by atoms with E-state index in [0.29, 0.717) is 31.8 Å². The smallest absolute Gasteiger partial charge is 0.329 e. The van der Waals surface area contributed by atoms with E-state index in [4.69, 9.17) is 0 Å². The van der Waals surface area contributed by atoms with E-state index in [-0.39, 0.29) is 6.03 Å². The molecule has 0 aromatic carbocycles. The number of amides is 2. The predicted molar refractivity (Wildman–Crippen MR) is 75.6 cm³/mol. The van der Waals surface area contributed by atoms with Crippen LogP contribution in [0.3, 0.4) is 0 Å². The number of carboxylic acids is 1. The summed E-state index contributed by atoms with van der Waals surface area (Å²) >= 11 is 0. The number of hydrogen-bond donors (Lipinski definition) is 2. The lowest BCUT2D eigenvalue weighted by molar-refractivity contribution is -0.148. The van der Waals surface area contributed by atoms with Gasteiger partial charge in [0.2, 0.25) is 0 Å². The second kappa shape index (κ2) is 5.99. The number of likely N-dealkylation sites (tertiary alicyclic amines) is 2. The Morgan fingerprint density at radius 3 is 2.70 bits per heavy atom. The normalized spacial score (nSPS) is 30.7. The highest BCUT2D eigenvalue weighted by Crippen LogP contribution is 2.32. The van der Waals surface area contributed by atoms with E-state index in [1.54, 1.807) is 0 Å². The molecule has 2 aliphatic heterocycles. The van der Waals surface area contributed by atoms with Crippen molar-refractivity contribution in [1.29, 1.82) is 0 Å². The van der Waals surface area contributed by atoms with Crippen LogP contribution in [0, 0.1) is 5.92 Å². The number of carbonyl (C=O) groups is 2. The van der Waals surface area contributed by atoms with Crippen molar-refractivity contribution in [3.63, 3.8) is 0 Å². The summed E-state index contributed by atoms with van der Waals surface area (Å²) in [7, 11) is 2.08. The summed E-state index contributed by atoms with van der Waals surface area (Å²) in [4.78, 5) is 27.6. The van der Waals surface area contributed by atoms with Gasteiger partial charge in [0.05, 0.1) is 0 Å². The van der Waals surface area contributed by atoms with Crippen LogP contribution in [0.1, 0.15) is 32.6 Å². The first-order valence-electron chi connectivity index (χ1n) is 7.47. The molecule has 2 atom stereocenters. The highest BCUT2D eigenvalue weighted by Gasteiger charge is 2.48. The van der Waals surface area contributed by atoms with Gasteiger partial charge in [-0.05, 0) is 45.2 Å². The average Bonchev–Trinajstić information content (AvgIpc) is 3.02. The van der Waals surface area contributed by atoms with E-state index in [2.05, 4.69) is 17.3 Å².